The maximum atomic E-state index is 10.8. The summed E-state index contributed by atoms with van der Waals surface area (Å²) in [7, 11) is 0. The summed E-state index contributed by atoms with van der Waals surface area (Å²) < 4.78 is 6.04. The molecule has 1 amide bonds. The minimum atomic E-state index is -0.549. The zero-order valence-corrected chi connectivity index (χ0v) is 9.08. The highest BCUT2D eigenvalue weighted by atomic mass is 16.5. The van der Waals surface area contributed by atoms with Gasteiger partial charge in [-0.1, -0.05) is 12.8 Å². The molecule has 1 saturated carbocycles. The molecule has 1 aliphatic heterocycles. The summed E-state index contributed by atoms with van der Waals surface area (Å²) in [4.78, 5) is 10.8. The van der Waals surface area contributed by atoms with Crippen molar-refractivity contribution >= 4 is 5.91 Å². The van der Waals surface area contributed by atoms with Crippen LogP contribution in [0.5, 0.6) is 0 Å². The molecule has 15 heavy (non-hydrogen) atoms. The SMILES string of the molecule is NC(=O)C(N)CC1CCC2(CCCC2)O1. The zero-order valence-electron chi connectivity index (χ0n) is 9.08. The second-order valence-corrected chi connectivity index (χ2v) is 4.91. The number of hydrogen-bond acceptors (Lipinski definition) is 3. The van der Waals surface area contributed by atoms with Crippen LogP contribution >= 0.6 is 0 Å². The number of primary amides is 1. The van der Waals surface area contributed by atoms with Crippen LogP contribution in [0, 0.1) is 0 Å². The molecule has 1 heterocycles. The van der Waals surface area contributed by atoms with Gasteiger partial charge >= 0.3 is 0 Å². The minimum Gasteiger partial charge on any atom is -0.372 e. The second-order valence-electron chi connectivity index (χ2n) is 4.91. The van der Waals surface area contributed by atoms with E-state index in [1.54, 1.807) is 0 Å². The molecule has 1 saturated heterocycles. The number of rotatable bonds is 3. The highest BCUT2D eigenvalue weighted by Crippen LogP contribution is 2.44. The van der Waals surface area contributed by atoms with Crippen LogP contribution in [0.3, 0.4) is 0 Å². The largest absolute Gasteiger partial charge is 0.372 e. The van der Waals surface area contributed by atoms with Crippen molar-refractivity contribution in [3.8, 4) is 0 Å². The van der Waals surface area contributed by atoms with Crippen molar-refractivity contribution in [3.63, 3.8) is 0 Å². The van der Waals surface area contributed by atoms with Crippen molar-refractivity contribution < 1.29 is 9.53 Å². The second kappa shape index (κ2) is 4.10. The van der Waals surface area contributed by atoms with Crippen LogP contribution in [0.1, 0.15) is 44.9 Å². The van der Waals surface area contributed by atoms with Gasteiger partial charge in [-0.3, -0.25) is 4.79 Å². The Morgan fingerprint density at radius 3 is 2.67 bits per heavy atom. The molecule has 2 atom stereocenters. The first-order valence-corrected chi connectivity index (χ1v) is 5.84. The van der Waals surface area contributed by atoms with E-state index in [0.29, 0.717) is 6.42 Å². The van der Waals surface area contributed by atoms with Crippen LogP contribution in [0.25, 0.3) is 0 Å². The molecular weight excluding hydrogens is 192 g/mol. The standard InChI is InChI=1S/C11H20N2O2/c12-9(10(13)14)7-8-3-6-11(15-8)4-1-2-5-11/h8-9H,1-7,12H2,(H2,13,14). The normalized spacial score (nSPS) is 30.9. The molecule has 2 aliphatic rings. The van der Waals surface area contributed by atoms with Gasteiger partial charge in [0.1, 0.15) is 0 Å². The maximum Gasteiger partial charge on any atom is 0.234 e. The number of ether oxygens (including phenoxy) is 1. The molecule has 1 spiro atoms. The summed E-state index contributed by atoms with van der Waals surface area (Å²) in [5.41, 5.74) is 10.9. The first-order chi connectivity index (χ1) is 7.11. The fourth-order valence-electron chi connectivity index (χ4n) is 2.85. The van der Waals surface area contributed by atoms with Crippen LogP contribution in [-0.4, -0.2) is 23.7 Å². The first-order valence-electron chi connectivity index (χ1n) is 5.84. The van der Waals surface area contributed by atoms with E-state index in [-0.39, 0.29) is 11.7 Å². The Kier molecular flexibility index (Phi) is 2.98. The van der Waals surface area contributed by atoms with Crippen molar-refractivity contribution in [3.05, 3.63) is 0 Å². The molecular formula is C11H20N2O2. The molecule has 2 unspecified atom stereocenters. The number of amides is 1. The average molecular weight is 212 g/mol. The van der Waals surface area contributed by atoms with E-state index >= 15 is 0 Å². The predicted molar refractivity (Wildman–Crippen MR) is 57.1 cm³/mol. The summed E-state index contributed by atoms with van der Waals surface area (Å²) in [6.45, 7) is 0. The lowest BCUT2D eigenvalue weighted by atomic mass is 9.97. The lowest BCUT2D eigenvalue weighted by molar-refractivity contribution is -0.120. The van der Waals surface area contributed by atoms with Crippen LogP contribution in [0.4, 0.5) is 0 Å². The molecule has 4 nitrogen and oxygen atoms in total. The van der Waals surface area contributed by atoms with Crippen molar-refractivity contribution in [1.29, 1.82) is 0 Å². The smallest absolute Gasteiger partial charge is 0.234 e. The van der Waals surface area contributed by atoms with Gasteiger partial charge in [-0.05, 0) is 32.1 Å². The summed E-state index contributed by atoms with van der Waals surface area (Å²) in [6.07, 6.45) is 7.78. The Hall–Kier alpha value is -0.610. The Morgan fingerprint density at radius 2 is 2.07 bits per heavy atom. The molecule has 1 aliphatic carbocycles. The van der Waals surface area contributed by atoms with Gasteiger partial charge in [0.05, 0.1) is 17.7 Å². The van der Waals surface area contributed by atoms with E-state index in [4.69, 9.17) is 16.2 Å². The van der Waals surface area contributed by atoms with Crippen LogP contribution < -0.4 is 11.5 Å². The van der Waals surface area contributed by atoms with E-state index in [1.165, 1.54) is 25.7 Å². The average Bonchev–Trinajstić information content (AvgIpc) is 2.78. The highest BCUT2D eigenvalue weighted by Gasteiger charge is 2.42. The third-order valence-corrected chi connectivity index (χ3v) is 3.74. The van der Waals surface area contributed by atoms with Gasteiger partial charge in [0.2, 0.25) is 5.91 Å². The highest BCUT2D eigenvalue weighted by molar-refractivity contribution is 5.79. The topological polar surface area (TPSA) is 78.3 Å². The first kappa shape index (κ1) is 10.9. The fourth-order valence-corrected chi connectivity index (χ4v) is 2.85. The number of carbonyl (C=O) groups excluding carboxylic acids is 1. The molecule has 0 aromatic rings. The molecule has 0 bridgehead atoms. The van der Waals surface area contributed by atoms with Crippen LogP contribution in [-0.2, 0) is 9.53 Å². The lowest BCUT2D eigenvalue weighted by Gasteiger charge is -2.24. The molecule has 86 valence electrons. The molecule has 0 aromatic heterocycles. The Balaban J connectivity index is 1.84. The van der Waals surface area contributed by atoms with Gasteiger partial charge < -0.3 is 16.2 Å². The molecule has 4 N–H and O–H groups in total. The fraction of sp³-hybridized carbons (Fsp3) is 0.909. The van der Waals surface area contributed by atoms with Crippen molar-refractivity contribution in [2.24, 2.45) is 11.5 Å². The monoisotopic (exact) mass is 212 g/mol. The predicted octanol–water partition coefficient (Wildman–Crippen LogP) is 0.681. The van der Waals surface area contributed by atoms with Gasteiger partial charge in [0.25, 0.3) is 0 Å². The minimum absolute atomic E-state index is 0.127. The molecule has 4 heteroatoms. The van der Waals surface area contributed by atoms with Crippen molar-refractivity contribution in [1.82, 2.24) is 0 Å². The van der Waals surface area contributed by atoms with Crippen molar-refractivity contribution in [2.45, 2.75) is 62.7 Å². The Bertz CT molecular complexity index is 249. The van der Waals surface area contributed by atoms with Gasteiger partial charge in [0, 0.05) is 0 Å². The number of nitrogens with two attached hydrogens (primary N) is 2. The zero-order chi connectivity index (χ0) is 10.9. The number of hydrogen-bond donors (Lipinski definition) is 2. The third kappa shape index (κ3) is 2.32. The van der Waals surface area contributed by atoms with Crippen molar-refractivity contribution in [2.75, 3.05) is 0 Å². The Morgan fingerprint density at radius 1 is 1.40 bits per heavy atom. The van der Waals surface area contributed by atoms with E-state index in [2.05, 4.69) is 0 Å². The molecule has 0 aromatic carbocycles. The number of carbonyl (C=O) groups is 1. The Labute approximate surface area is 90.3 Å². The van der Waals surface area contributed by atoms with E-state index in [1.807, 2.05) is 0 Å². The van der Waals surface area contributed by atoms with E-state index < -0.39 is 11.9 Å². The van der Waals surface area contributed by atoms with Gasteiger partial charge in [-0.15, -0.1) is 0 Å². The summed E-state index contributed by atoms with van der Waals surface area (Å²) >= 11 is 0. The molecule has 0 radical (unpaired) electrons. The summed E-state index contributed by atoms with van der Waals surface area (Å²) in [5, 5.41) is 0. The van der Waals surface area contributed by atoms with Gasteiger partial charge in [-0.25, -0.2) is 0 Å². The van der Waals surface area contributed by atoms with Crippen LogP contribution in [0.15, 0.2) is 0 Å². The summed E-state index contributed by atoms with van der Waals surface area (Å²) in [5.74, 6) is -0.425. The summed E-state index contributed by atoms with van der Waals surface area (Å²) in [6, 6.07) is -0.549. The van der Waals surface area contributed by atoms with Gasteiger partial charge in [-0.2, -0.15) is 0 Å². The van der Waals surface area contributed by atoms with Gasteiger partial charge in [0.15, 0.2) is 0 Å². The maximum absolute atomic E-state index is 10.8. The van der Waals surface area contributed by atoms with E-state index in [0.717, 1.165) is 12.8 Å². The van der Waals surface area contributed by atoms with Crippen LogP contribution in [0.2, 0.25) is 0 Å². The molecule has 2 fully saturated rings. The van der Waals surface area contributed by atoms with E-state index in [9.17, 15) is 4.79 Å². The lowest BCUT2D eigenvalue weighted by Crippen LogP contribution is -2.39. The third-order valence-electron chi connectivity index (χ3n) is 3.74. The molecule has 2 rings (SSSR count). The quantitative estimate of drug-likeness (QED) is 0.722.